The molecule has 0 fully saturated rings. The summed E-state index contributed by atoms with van der Waals surface area (Å²) >= 11 is 0. The lowest BCUT2D eigenvalue weighted by atomic mass is 10.4. The molecule has 0 aliphatic carbocycles. The molecule has 4 aromatic rings. The molecule has 0 N–H and O–H groups in total. The summed E-state index contributed by atoms with van der Waals surface area (Å²) in [7, 11) is -3.94. The molecule has 0 nitrogen and oxygen atoms in total. The van der Waals surface area contributed by atoms with Gasteiger partial charge in [0.2, 0.25) is 8.80 Å². The van der Waals surface area contributed by atoms with Crippen molar-refractivity contribution in [3.63, 3.8) is 0 Å². The second-order valence-corrected chi connectivity index (χ2v) is 12.3. The normalized spacial score (nSPS) is 10.7. The van der Waals surface area contributed by atoms with E-state index in [2.05, 4.69) is 126 Å². The van der Waals surface area contributed by atoms with Gasteiger partial charge >= 0.3 is 0 Å². The van der Waals surface area contributed by atoms with Gasteiger partial charge in [0.1, 0.15) is 0 Å². The van der Waals surface area contributed by atoms with Crippen LogP contribution >= 0.6 is 0 Å². The van der Waals surface area contributed by atoms with Crippen LogP contribution in [-0.4, -0.2) is 16.9 Å². The van der Waals surface area contributed by atoms with Gasteiger partial charge in [-0.15, -0.1) is 23.1 Å². The Kier molecular flexibility index (Phi) is 6.11. The van der Waals surface area contributed by atoms with Crippen LogP contribution in [0.5, 0.6) is 0 Å². The van der Waals surface area contributed by atoms with Gasteiger partial charge in [-0.3, -0.25) is 0 Å². The number of hydrogen-bond acceptors (Lipinski definition) is 0. The van der Waals surface area contributed by atoms with Crippen molar-refractivity contribution in [1.82, 2.24) is 0 Å². The molecule has 0 amide bonds. The standard InChI is InChI=1S/C28H21Si2/c1-2-30(27-19-11-5-12-20-27,28-21-13-6-14-22-28)24-23-29(25-15-7-3-8-16-25)26-17-9-4-10-18-26/h1,3-22H. The molecule has 141 valence electrons. The van der Waals surface area contributed by atoms with E-state index in [1.54, 1.807) is 0 Å². The van der Waals surface area contributed by atoms with E-state index in [1.807, 2.05) is 12.1 Å². The molecule has 0 aliphatic heterocycles. The summed E-state index contributed by atoms with van der Waals surface area (Å²) in [5, 5.41) is 4.88. The van der Waals surface area contributed by atoms with Crippen LogP contribution in [0, 0.1) is 23.1 Å². The molecular weight excluding hydrogens is 392 g/mol. The molecule has 0 atom stereocenters. The fourth-order valence-corrected chi connectivity index (χ4v) is 8.90. The number of hydrogen-bond donors (Lipinski definition) is 0. The highest BCUT2D eigenvalue weighted by molar-refractivity contribution is 7.14. The molecule has 0 saturated carbocycles. The first-order valence-electron chi connectivity index (χ1n) is 9.93. The number of benzene rings is 4. The number of rotatable bonds is 4. The molecule has 0 aliphatic rings. The summed E-state index contributed by atoms with van der Waals surface area (Å²) < 4.78 is 0. The molecule has 4 aromatic carbocycles. The second-order valence-electron chi connectivity index (χ2n) is 6.98. The van der Waals surface area contributed by atoms with E-state index in [4.69, 9.17) is 6.42 Å². The summed E-state index contributed by atoms with van der Waals surface area (Å²) in [5.41, 5.74) is 10.6. The van der Waals surface area contributed by atoms with Crippen molar-refractivity contribution in [3.8, 4) is 23.1 Å². The minimum atomic E-state index is -2.66. The average Bonchev–Trinajstić information content (AvgIpc) is 2.84. The van der Waals surface area contributed by atoms with Crippen molar-refractivity contribution >= 4 is 37.6 Å². The van der Waals surface area contributed by atoms with Crippen LogP contribution in [0.4, 0.5) is 0 Å². The van der Waals surface area contributed by atoms with Gasteiger partial charge in [0.15, 0.2) is 0 Å². The molecule has 0 spiro atoms. The van der Waals surface area contributed by atoms with Crippen LogP contribution in [0.3, 0.4) is 0 Å². The lowest BCUT2D eigenvalue weighted by Crippen LogP contribution is -2.57. The Morgan fingerprint density at radius 2 is 0.900 bits per heavy atom. The van der Waals surface area contributed by atoms with E-state index in [0.29, 0.717) is 0 Å². The van der Waals surface area contributed by atoms with Gasteiger partial charge in [0, 0.05) is 0 Å². The molecular formula is C28H21Si2. The van der Waals surface area contributed by atoms with E-state index in [1.165, 1.54) is 10.4 Å². The molecule has 0 heterocycles. The zero-order valence-corrected chi connectivity index (χ0v) is 18.6. The van der Waals surface area contributed by atoms with Crippen LogP contribution in [-0.2, 0) is 0 Å². The highest BCUT2D eigenvalue weighted by Gasteiger charge is 2.34. The van der Waals surface area contributed by atoms with Crippen molar-refractivity contribution in [3.05, 3.63) is 121 Å². The Hall–Kier alpha value is -3.57. The van der Waals surface area contributed by atoms with Crippen LogP contribution < -0.4 is 20.7 Å². The summed E-state index contributed by atoms with van der Waals surface area (Å²) in [6.07, 6.45) is 6.26. The Balaban J connectivity index is 1.90. The second kappa shape index (κ2) is 9.29. The predicted molar refractivity (Wildman–Crippen MR) is 132 cm³/mol. The first kappa shape index (κ1) is 19.7. The molecule has 1 radical (unpaired) electrons. The fraction of sp³-hybridized carbons (Fsp3) is 0. The fourth-order valence-electron chi connectivity index (χ4n) is 3.57. The van der Waals surface area contributed by atoms with Gasteiger partial charge in [-0.05, 0) is 20.7 Å². The Morgan fingerprint density at radius 1 is 0.533 bits per heavy atom. The minimum Gasteiger partial charge on any atom is -0.126 e. The first-order chi connectivity index (χ1) is 14.8. The monoisotopic (exact) mass is 413 g/mol. The van der Waals surface area contributed by atoms with Crippen molar-refractivity contribution in [2.45, 2.75) is 0 Å². The van der Waals surface area contributed by atoms with E-state index < -0.39 is 16.9 Å². The lowest BCUT2D eigenvalue weighted by molar-refractivity contribution is 1.72. The summed E-state index contributed by atoms with van der Waals surface area (Å²) in [4.78, 5) is 0. The third kappa shape index (κ3) is 4.07. The van der Waals surface area contributed by atoms with Crippen molar-refractivity contribution in [2.75, 3.05) is 0 Å². The van der Waals surface area contributed by atoms with E-state index in [0.717, 1.165) is 10.4 Å². The quantitative estimate of drug-likeness (QED) is 0.357. The molecule has 0 unspecified atom stereocenters. The maximum Gasteiger partial charge on any atom is 0.274 e. The third-order valence-electron chi connectivity index (χ3n) is 5.13. The topological polar surface area (TPSA) is 0 Å². The van der Waals surface area contributed by atoms with Gasteiger partial charge in [0.25, 0.3) is 8.07 Å². The molecule has 2 heteroatoms. The molecule has 30 heavy (non-hydrogen) atoms. The van der Waals surface area contributed by atoms with E-state index in [-0.39, 0.29) is 0 Å². The third-order valence-corrected chi connectivity index (χ3v) is 10.9. The van der Waals surface area contributed by atoms with Crippen LogP contribution in [0.1, 0.15) is 0 Å². The molecule has 0 bridgehead atoms. The minimum absolute atomic E-state index is 1.16. The maximum atomic E-state index is 6.26. The van der Waals surface area contributed by atoms with Gasteiger partial charge < -0.3 is 0 Å². The average molecular weight is 414 g/mol. The van der Waals surface area contributed by atoms with Crippen molar-refractivity contribution in [1.29, 1.82) is 0 Å². The van der Waals surface area contributed by atoms with Crippen molar-refractivity contribution in [2.24, 2.45) is 0 Å². The zero-order valence-electron chi connectivity index (χ0n) is 16.6. The Bertz CT molecular complexity index is 1100. The first-order valence-corrected chi connectivity index (χ1v) is 13.4. The molecule has 0 saturated heterocycles. The Labute approximate surface area is 181 Å². The highest BCUT2D eigenvalue weighted by atomic mass is 28.3. The highest BCUT2D eigenvalue weighted by Crippen LogP contribution is 2.05. The Morgan fingerprint density at radius 3 is 1.27 bits per heavy atom. The summed E-state index contributed by atoms with van der Waals surface area (Å²) in [6.45, 7) is 0. The zero-order chi connectivity index (χ0) is 20.7. The smallest absolute Gasteiger partial charge is 0.126 e. The van der Waals surface area contributed by atoms with Crippen molar-refractivity contribution < 1.29 is 0 Å². The van der Waals surface area contributed by atoms with Crippen LogP contribution in [0.2, 0.25) is 0 Å². The maximum absolute atomic E-state index is 6.26. The van der Waals surface area contributed by atoms with Gasteiger partial charge in [0.05, 0.1) is 0 Å². The summed E-state index contributed by atoms with van der Waals surface area (Å²) in [6, 6.07) is 42.0. The van der Waals surface area contributed by atoms with E-state index >= 15 is 0 Å². The lowest BCUT2D eigenvalue weighted by Gasteiger charge is -2.21. The van der Waals surface area contributed by atoms with Gasteiger partial charge in [-0.1, -0.05) is 121 Å². The van der Waals surface area contributed by atoms with Crippen LogP contribution in [0.25, 0.3) is 0 Å². The largest absolute Gasteiger partial charge is 0.274 e. The molecule has 4 rings (SSSR count). The molecule has 0 aromatic heterocycles. The number of terminal acetylenes is 1. The van der Waals surface area contributed by atoms with E-state index in [9.17, 15) is 0 Å². The van der Waals surface area contributed by atoms with Gasteiger partial charge in [-0.2, -0.15) is 0 Å². The summed E-state index contributed by atoms with van der Waals surface area (Å²) in [5.74, 6) is 0. The SMILES string of the molecule is C#C[Si](C#C[Si](c1ccccc1)c1ccccc1)(c1ccccc1)c1ccccc1. The predicted octanol–water partition coefficient (Wildman–Crippen LogP) is 2.81. The van der Waals surface area contributed by atoms with Crippen LogP contribution in [0.15, 0.2) is 121 Å². The van der Waals surface area contributed by atoms with Gasteiger partial charge in [-0.25, -0.2) is 0 Å².